The minimum atomic E-state index is -0.262. The van der Waals surface area contributed by atoms with Crippen molar-refractivity contribution in [2.75, 3.05) is 39.3 Å². The minimum Gasteiger partial charge on any atom is -0.329 e. The van der Waals surface area contributed by atoms with Crippen LogP contribution in [0.2, 0.25) is 5.02 Å². The van der Waals surface area contributed by atoms with E-state index in [-0.39, 0.29) is 11.9 Å². The van der Waals surface area contributed by atoms with Gasteiger partial charge >= 0.3 is 0 Å². The molecule has 1 unspecified atom stereocenters. The Bertz CT molecular complexity index is 459. The molecule has 0 spiro atoms. The van der Waals surface area contributed by atoms with Crippen LogP contribution < -0.4 is 5.73 Å². The van der Waals surface area contributed by atoms with Crippen LogP contribution in [0.25, 0.3) is 0 Å². The number of piperazine rings is 1. The second-order valence-electron chi connectivity index (χ2n) is 6.15. The lowest BCUT2D eigenvalue weighted by Crippen LogP contribution is -2.49. The van der Waals surface area contributed by atoms with Crippen molar-refractivity contribution in [1.82, 2.24) is 9.80 Å². The summed E-state index contributed by atoms with van der Waals surface area (Å²) in [5.74, 6) is 0.415. The number of hydrogen-bond acceptors (Lipinski definition) is 3. The highest BCUT2D eigenvalue weighted by Crippen LogP contribution is 2.26. The van der Waals surface area contributed by atoms with Gasteiger partial charge in [-0.25, -0.2) is 4.39 Å². The molecule has 5 heteroatoms. The van der Waals surface area contributed by atoms with Gasteiger partial charge in [0, 0.05) is 49.9 Å². The molecule has 21 heavy (non-hydrogen) atoms. The Labute approximate surface area is 131 Å². The smallest absolute Gasteiger partial charge is 0.129 e. The topological polar surface area (TPSA) is 32.5 Å². The molecule has 0 aliphatic carbocycles. The monoisotopic (exact) mass is 313 g/mol. The van der Waals surface area contributed by atoms with Crippen molar-refractivity contribution in [2.45, 2.75) is 19.9 Å². The van der Waals surface area contributed by atoms with Crippen molar-refractivity contribution < 1.29 is 4.39 Å². The lowest BCUT2D eigenvalue weighted by molar-refractivity contribution is 0.0899. The average Bonchev–Trinajstić information content (AvgIpc) is 2.43. The third kappa shape index (κ3) is 4.39. The first-order valence-electron chi connectivity index (χ1n) is 7.62. The fraction of sp³-hybridized carbons (Fsp3) is 0.625. The first kappa shape index (κ1) is 16.7. The van der Waals surface area contributed by atoms with E-state index in [1.165, 1.54) is 6.07 Å². The summed E-state index contributed by atoms with van der Waals surface area (Å²) in [6.07, 6.45) is 0. The number of hydrogen-bond donors (Lipinski definition) is 1. The molecule has 1 aromatic rings. The molecule has 1 saturated heterocycles. The predicted octanol–water partition coefficient (Wildman–Crippen LogP) is 2.75. The molecule has 1 aliphatic heterocycles. The van der Waals surface area contributed by atoms with Gasteiger partial charge in [-0.2, -0.15) is 0 Å². The molecule has 118 valence electrons. The molecule has 1 aromatic carbocycles. The van der Waals surface area contributed by atoms with E-state index in [0.29, 0.717) is 23.0 Å². The zero-order chi connectivity index (χ0) is 15.4. The zero-order valence-electron chi connectivity index (χ0n) is 12.9. The van der Waals surface area contributed by atoms with Crippen molar-refractivity contribution in [1.29, 1.82) is 0 Å². The second kappa shape index (κ2) is 7.54. The summed E-state index contributed by atoms with van der Waals surface area (Å²) in [5, 5.41) is 0.425. The molecule has 1 fully saturated rings. The number of halogens is 2. The third-order valence-corrected chi connectivity index (χ3v) is 4.25. The van der Waals surface area contributed by atoms with Gasteiger partial charge in [0.1, 0.15) is 5.82 Å². The SMILES string of the molecule is CC(C)CN1CCN(C(CN)c2ccc(Cl)cc2F)CC1. The van der Waals surface area contributed by atoms with Crippen molar-refractivity contribution in [2.24, 2.45) is 11.7 Å². The van der Waals surface area contributed by atoms with Crippen LogP contribution in [-0.4, -0.2) is 49.1 Å². The molecule has 0 amide bonds. The minimum absolute atomic E-state index is 0.0662. The van der Waals surface area contributed by atoms with E-state index in [2.05, 4.69) is 23.6 Å². The van der Waals surface area contributed by atoms with Gasteiger partial charge in [-0.05, 0) is 18.1 Å². The van der Waals surface area contributed by atoms with E-state index in [4.69, 9.17) is 17.3 Å². The Hall–Kier alpha value is -0.680. The van der Waals surface area contributed by atoms with Crippen LogP contribution in [0.15, 0.2) is 18.2 Å². The molecule has 2 rings (SSSR count). The largest absolute Gasteiger partial charge is 0.329 e. The molecular formula is C16H25ClFN3. The Morgan fingerprint density at radius 2 is 1.90 bits per heavy atom. The van der Waals surface area contributed by atoms with Gasteiger partial charge < -0.3 is 10.6 Å². The molecular weight excluding hydrogens is 289 g/mol. The maximum Gasteiger partial charge on any atom is 0.129 e. The Morgan fingerprint density at radius 3 is 2.43 bits per heavy atom. The highest BCUT2D eigenvalue weighted by Gasteiger charge is 2.26. The van der Waals surface area contributed by atoms with E-state index < -0.39 is 0 Å². The fourth-order valence-electron chi connectivity index (χ4n) is 3.02. The first-order valence-corrected chi connectivity index (χ1v) is 8.00. The number of nitrogens with two attached hydrogens (primary N) is 1. The summed E-state index contributed by atoms with van der Waals surface area (Å²) in [7, 11) is 0. The van der Waals surface area contributed by atoms with Gasteiger partial charge in [0.15, 0.2) is 0 Å². The molecule has 1 atom stereocenters. The van der Waals surface area contributed by atoms with E-state index in [1.54, 1.807) is 12.1 Å². The second-order valence-corrected chi connectivity index (χ2v) is 6.58. The molecule has 1 aliphatic rings. The summed E-state index contributed by atoms with van der Waals surface area (Å²) < 4.78 is 14.1. The van der Waals surface area contributed by atoms with Crippen LogP contribution in [-0.2, 0) is 0 Å². The maximum atomic E-state index is 14.1. The molecule has 3 nitrogen and oxygen atoms in total. The van der Waals surface area contributed by atoms with Gasteiger partial charge in [0.05, 0.1) is 6.04 Å². The number of nitrogens with zero attached hydrogens (tertiary/aromatic N) is 2. The quantitative estimate of drug-likeness (QED) is 0.907. The van der Waals surface area contributed by atoms with Crippen molar-refractivity contribution >= 4 is 11.6 Å². The molecule has 0 saturated carbocycles. The lowest BCUT2D eigenvalue weighted by Gasteiger charge is -2.39. The van der Waals surface area contributed by atoms with Gasteiger partial charge in [0.25, 0.3) is 0 Å². The van der Waals surface area contributed by atoms with Crippen LogP contribution in [0, 0.1) is 11.7 Å². The van der Waals surface area contributed by atoms with Crippen LogP contribution in [0.4, 0.5) is 4.39 Å². The van der Waals surface area contributed by atoms with Gasteiger partial charge in [0.2, 0.25) is 0 Å². The zero-order valence-corrected chi connectivity index (χ0v) is 13.6. The normalized spacial score (nSPS) is 19.1. The van der Waals surface area contributed by atoms with Crippen molar-refractivity contribution in [3.63, 3.8) is 0 Å². The van der Waals surface area contributed by atoms with Crippen molar-refractivity contribution in [3.8, 4) is 0 Å². The van der Waals surface area contributed by atoms with E-state index in [0.717, 1.165) is 32.7 Å². The van der Waals surface area contributed by atoms with E-state index >= 15 is 0 Å². The van der Waals surface area contributed by atoms with E-state index in [1.807, 2.05) is 0 Å². The van der Waals surface area contributed by atoms with Crippen molar-refractivity contribution in [3.05, 3.63) is 34.6 Å². The van der Waals surface area contributed by atoms with Crippen LogP contribution in [0.3, 0.4) is 0 Å². The van der Waals surface area contributed by atoms with Gasteiger partial charge in [-0.3, -0.25) is 4.90 Å². The summed E-state index contributed by atoms with van der Waals surface area (Å²) in [4.78, 5) is 4.75. The highest BCUT2D eigenvalue weighted by atomic mass is 35.5. The molecule has 0 radical (unpaired) electrons. The summed E-state index contributed by atoms with van der Waals surface area (Å²) >= 11 is 5.83. The van der Waals surface area contributed by atoms with E-state index in [9.17, 15) is 4.39 Å². The molecule has 0 aromatic heterocycles. The summed E-state index contributed by atoms with van der Waals surface area (Å²) in [5.41, 5.74) is 6.56. The Morgan fingerprint density at radius 1 is 1.24 bits per heavy atom. The molecule has 1 heterocycles. The van der Waals surface area contributed by atoms with Crippen LogP contribution in [0.1, 0.15) is 25.5 Å². The van der Waals surface area contributed by atoms with Crippen LogP contribution in [0.5, 0.6) is 0 Å². The summed E-state index contributed by atoms with van der Waals surface area (Å²) in [6, 6.07) is 4.80. The van der Waals surface area contributed by atoms with Gasteiger partial charge in [-0.15, -0.1) is 0 Å². The molecule has 2 N–H and O–H groups in total. The number of rotatable bonds is 5. The standard InChI is InChI=1S/C16H25ClFN3/c1-12(2)11-20-5-7-21(8-6-20)16(10-19)14-4-3-13(17)9-15(14)18/h3-4,9,12,16H,5-8,10-11,19H2,1-2H3. The first-order chi connectivity index (χ1) is 10.0. The maximum absolute atomic E-state index is 14.1. The Balaban J connectivity index is 2.02. The lowest BCUT2D eigenvalue weighted by atomic mass is 10.0. The van der Waals surface area contributed by atoms with Gasteiger partial charge in [-0.1, -0.05) is 31.5 Å². The average molecular weight is 314 g/mol. The molecule has 0 bridgehead atoms. The Kier molecular flexibility index (Phi) is 5.99. The summed E-state index contributed by atoms with van der Waals surface area (Å²) in [6.45, 7) is 9.90. The van der Waals surface area contributed by atoms with Crippen LogP contribution >= 0.6 is 11.6 Å². The highest BCUT2D eigenvalue weighted by molar-refractivity contribution is 6.30. The third-order valence-electron chi connectivity index (χ3n) is 4.02. The fourth-order valence-corrected chi connectivity index (χ4v) is 3.18. The predicted molar refractivity (Wildman–Crippen MR) is 86.1 cm³/mol. The number of benzene rings is 1.